The van der Waals surface area contributed by atoms with Crippen LogP contribution in [0, 0.1) is 17.3 Å². The molecular weight excluding hydrogens is 820 g/mol. The molecule has 1 saturated heterocycles. The minimum atomic E-state index is -1.40. The van der Waals surface area contributed by atoms with Crippen molar-refractivity contribution in [1.29, 1.82) is 0 Å². The number of carbonyl (C=O) groups excluding carboxylic acids is 2. The Morgan fingerprint density at radius 2 is 1.28 bits per heavy atom. The van der Waals surface area contributed by atoms with Crippen molar-refractivity contribution in [2.24, 2.45) is 5.41 Å². The molecule has 3 aromatic rings. The van der Waals surface area contributed by atoms with Crippen LogP contribution in [0.3, 0.4) is 0 Å². The van der Waals surface area contributed by atoms with Crippen LogP contribution >= 0.6 is 11.3 Å². The van der Waals surface area contributed by atoms with Gasteiger partial charge in [-0.2, -0.15) is 0 Å². The van der Waals surface area contributed by atoms with Gasteiger partial charge < -0.3 is 38.5 Å². The summed E-state index contributed by atoms with van der Waals surface area (Å²) in [6.07, 6.45) is -0.775. The van der Waals surface area contributed by atoms with Crippen LogP contribution in [0.2, 0.25) is 51.4 Å². The second-order valence-electron chi connectivity index (χ2n) is 20.2. The zero-order chi connectivity index (χ0) is 45.1. The Labute approximate surface area is 372 Å². The first kappa shape index (κ1) is 50.2. The number of nitrogens with zero attached hydrogens (tertiary/aromatic N) is 1. The zero-order valence-corrected chi connectivity index (χ0v) is 42.0. The van der Waals surface area contributed by atoms with Crippen LogP contribution in [0.15, 0.2) is 54.6 Å². The van der Waals surface area contributed by atoms with Gasteiger partial charge in [0.25, 0.3) is 0 Å². The van der Waals surface area contributed by atoms with E-state index < -0.39 is 40.6 Å². The first-order valence-electron chi connectivity index (χ1n) is 21.6. The van der Waals surface area contributed by atoms with E-state index in [-0.39, 0.29) is 11.5 Å². The number of rotatable bonds is 20. The molecule has 1 fully saturated rings. The summed E-state index contributed by atoms with van der Waals surface area (Å²) in [7, 11) is -3.06. The highest BCUT2D eigenvalue weighted by atomic mass is 32.1. The van der Waals surface area contributed by atoms with E-state index in [4.69, 9.17) is 28.3 Å². The van der Waals surface area contributed by atoms with Crippen LogP contribution in [0.4, 0.5) is 9.59 Å². The highest BCUT2D eigenvalue weighted by molar-refractivity contribution is 7.13. The number of hydrogen-bond acceptors (Lipinski definition) is 9. The summed E-state index contributed by atoms with van der Waals surface area (Å²) in [5.74, 6) is 6.89. The lowest BCUT2D eigenvalue weighted by molar-refractivity contribution is 0.00578. The van der Waals surface area contributed by atoms with E-state index in [9.17, 15) is 9.59 Å². The third-order valence-corrected chi connectivity index (χ3v) is 14.9. The van der Waals surface area contributed by atoms with Gasteiger partial charge >= 0.3 is 19.3 Å². The number of amides is 2. The number of hydrogen-bond donors (Lipinski definition) is 1. The number of benzene rings is 2. The SMILES string of the molecule is CC(C)(C)C#Cc1sc(CN(CCOCCOCCNC(=O)OCC[Si](C)(C)C)C(=O)OCC[Si](C)(C)C)cc1-c1ccc(-c2ccc(B3OC(C)(C)C(C)(C)O3)cc2)cc1. The van der Waals surface area contributed by atoms with E-state index in [1.807, 2.05) is 0 Å². The summed E-state index contributed by atoms with van der Waals surface area (Å²) in [5.41, 5.74) is 4.32. The summed E-state index contributed by atoms with van der Waals surface area (Å²) in [5, 5.41) is 2.72. The molecule has 1 aliphatic rings. The van der Waals surface area contributed by atoms with Crippen LogP contribution in [0.5, 0.6) is 0 Å². The quantitative estimate of drug-likeness (QED) is 0.0680. The standard InChI is InChI=1S/C47H71BN2O8SSi2/c1-45(2,3)23-22-42-41(38-16-14-36(15-17-38)37-18-20-39(21-19-37)48-57-46(4,5)47(6,7)58-48)34-40(59-42)35-50(44(52)56-31-33-61(11,12)13)25-27-54-29-28-53-26-24-49-43(51)55-30-32-60(8,9)10/h14-21,34H,24-33,35H2,1-13H3,(H,49,51). The predicted molar refractivity (Wildman–Crippen MR) is 256 cm³/mol. The van der Waals surface area contributed by atoms with Crippen molar-refractivity contribution in [2.45, 2.75) is 118 Å². The van der Waals surface area contributed by atoms with Gasteiger partial charge in [-0.3, -0.25) is 0 Å². The Morgan fingerprint density at radius 1 is 0.754 bits per heavy atom. The van der Waals surface area contributed by atoms with E-state index in [1.54, 1.807) is 16.2 Å². The molecule has 0 saturated carbocycles. The zero-order valence-electron chi connectivity index (χ0n) is 39.2. The van der Waals surface area contributed by atoms with Gasteiger partial charge in [0.2, 0.25) is 0 Å². The fourth-order valence-electron chi connectivity index (χ4n) is 5.91. The van der Waals surface area contributed by atoms with Gasteiger partial charge in [-0.05, 0) is 88.8 Å². The summed E-state index contributed by atoms with van der Waals surface area (Å²) < 4.78 is 35.1. The van der Waals surface area contributed by atoms with E-state index >= 15 is 0 Å². The molecule has 1 aliphatic heterocycles. The maximum Gasteiger partial charge on any atom is 0.494 e. The predicted octanol–water partition coefficient (Wildman–Crippen LogP) is 10.2. The molecule has 2 amide bonds. The van der Waals surface area contributed by atoms with Crippen molar-refractivity contribution in [3.8, 4) is 34.1 Å². The number of thiophene rings is 1. The number of ether oxygens (including phenoxy) is 4. The minimum Gasteiger partial charge on any atom is -0.450 e. The first-order valence-corrected chi connectivity index (χ1v) is 29.8. The molecule has 14 heteroatoms. The number of carbonyl (C=O) groups is 2. The van der Waals surface area contributed by atoms with Crippen LogP contribution in [-0.4, -0.2) is 104 Å². The molecule has 0 unspecified atom stereocenters. The van der Waals surface area contributed by atoms with Crippen LogP contribution in [0.25, 0.3) is 22.3 Å². The average molecular weight is 891 g/mol. The first-order chi connectivity index (χ1) is 28.4. The van der Waals surface area contributed by atoms with Gasteiger partial charge in [-0.15, -0.1) is 11.3 Å². The van der Waals surface area contributed by atoms with Crippen LogP contribution < -0.4 is 10.8 Å². The van der Waals surface area contributed by atoms with E-state index in [0.717, 1.165) is 49.6 Å². The highest BCUT2D eigenvalue weighted by Crippen LogP contribution is 2.37. The highest BCUT2D eigenvalue weighted by Gasteiger charge is 2.51. The fourth-order valence-corrected chi connectivity index (χ4v) is 8.38. The normalized spacial score (nSPS) is 14.9. The second kappa shape index (κ2) is 21.8. The molecule has 61 heavy (non-hydrogen) atoms. The van der Waals surface area contributed by atoms with E-state index in [2.05, 4.69) is 160 Å². The smallest absolute Gasteiger partial charge is 0.450 e. The van der Waals surface area contributed by atoms with Crippen molar-refractivity contribution < 1.29 is 37.8 Å². The van der Waals surface area contributed by atoms with Crippen LogP contribution in [-0.2, 0) is 34.8 Å². The molecule has 0 atom stereocenters. The Bertz CT molecular complexity index is 1920. The lowest BCUT2D eigenvalue weighted by Gasteiger charge is -2.32. The molecule has 2 aromatic carbocycles. The molecule has 0 radical (unpaired) electrons. The minimum absolute atomic E-state index is 0.180. The number of nitrogens with one attached hydrogen (secondary N) is 1. The molecule has 2 heterocycles. The van der Waals surface area contributed by atoms with Crippen molar-refractivity contribution in [2.75, 3.05) is 52.7 Å². The fraction of sp³-hybridized carbons (Fsp3) is 0.574. The summed E-state index contributed by atoms with van der Waals surface area (Å²) >= 11 is 1.61. The second-order valence-corrected chi connectivity index (χ2v) is 32.6. The molecular formula is C47H71BN2O8SSi2. The molecule has 1 aromatic heterocycles. The maximum atomic E-state index is 13.5. The van der Waals surface area contributed by atoms with Crippen molar-refractivity contribution in [3.63, 3.8) is 0 Å². The van der Waals surface area contributed by atoms with Gasteiger partial charge in [-0.25, -0.2) is 9.59 Å². The molecule has 0 aliphatic carbocycles. The van der Waals surface area contributed by atoms with Gasteiger partial charge in [0, 0.05) is 45.1 Å². The molecule has 1 N–H and O–H groups in total. The summed E-state index contributed by atoms with van der Waals surface area (Å²) in [4.78, 5) is 29.1. The lowest BCUT2D eigenvalue weighted by Crippen LogP contribution is -2.41. The third kappa shape index (κ3) is 17.0. The van der Waals surface area contributed by atoms with Crippen molar-refractivity contribution in [1.82, 2.24) is 10.2 Å². The van der Waals surface area contributed by atoms with E-state index in [0.29, 0.717) is 59.3 Å². The Balaban J connectivity index is 1.40. The van der Waals surface area contributed by atoms with Gasteiger partial charge in [0.15, 0.2) is 0 Å². The van der Waals surface area contributed by atoms with Crippen molar-refractivity contribution in [3.05, 3.63) is 64.4 Å². The molecule has 334 valence electrons. The summed E-state index contributed by atoms with van der Waals surface area (Å²) in [6, 6.07) is 20.9. The molecule has 4 rings (SSSR count). The average Bonchev–Trinajstić information content (AvgIpc) is 3.66. The maximum absolute atomic E-state index is 13.5. The number of alkyl carbamates (subject to hydrolysis) is 1. The summed E-state index contributed by atoms with van der Waals surface area (Å²) in [6.45, 7) is 31.4. The lowest BCUT2D eigenvalue weighted by atomic mass is 9.78. The topological polar surface area (TPSA) is 105 Å². The Morgan fingerprint density at radius 3 is 1.84 bits per heavy atom. The molecule has 10 nitrogen and oxygen atoms in total. The molecule has 0 bridgehead atoms. The monoisotopic (exact) mass is 890 g/mol. The van der Waals surface area contributed by atoms with Crippen LogP contribution in [0.1, 0.15) is 58.2 Å². The Kier molecular flexibility index (Phi) is 17.9. The van der Waals surface area contributed by atoms with Gasteiger partial charge in [0.05, 0.1) is 62.3 Å². The Hall–Kier alpha value is -3.42. The van der Waals surface area contributed by atoms with Gasteiger partial charge in [0.1, 0.15) is 0 Å². The van der Waals surface area contributed by atoms with Gasteiger partial charge in [-0.1, -0.05) is 99.7 Å². The van der Waals surface area contributed by atoms with E-state index in [1.165, 1.54) is 0 Å². The van der Waals surface area contributed by atoms with Crippen molar-refractivity contribution >= 4 is 52.3 Å². The molecule has 0 spiro atoms. The largest absolute Gasteiger partial charge is 0.494 e. The third-order valence-electron chi connectivity index (χ3n) is 10.5.